The summed E-state index contributed by atoms with van der Waals surface area (Å²) < 4.78 is 3.06. The van der Waals surface area contributed by atoms with Crippen LogP contribution in [-0.2, 0) is 37.6 Å². The lowest BCUT2D eigenvalue weighted by Crippen LogP contribution is -2.76. The van der Waals surface area contributed by atoms with E-state index < -0.39 is 65.0 Å². The minimum Gasteiger partial charge on any atom is -0.508 e. The molecule has 0 aliphatic carbocycles. The van der Waals surface area contributed by atoms with E-state index in [1.807, 2.05) is 0 Å². The number of fused-ring (bicyclic) bond motifs is 1. The zero-order valence-corrected chi connectivity index (χ0v) is 25.2. The molecule has 19 heteroatoms. The maximum absolute atomic E-state index is 13.6. The van der Waals surface area contributed by atoms with Gasteiger partial charge in [0, 0.05) is 38.4 Å². The summed E-state index contributed by atoms with van der Waals surface area (Å²) in [7, 11) is 1.61. The largest absolute Gasteiger partial charge is 0.508 e. The van der Waals surface area contributed by atoms with Crippen molar-refractivity contribution in [3.8, 4) is 5.75 Å². The zero-order chi connectivity index (χ0) is 31.9. The molecule has 44 heavy (non-hydrogen) atoms. The Kier molecular flexibility index (Phi) is 8.60. The number of carboxylic acid groups (broad SMARTS) is 1. The second kappa shape index (κ2) is 12.2. The molecule has 0 radical (unpaired) electrons. The van der Waals surface area contributed by atoms with Crippen molar-refractivity contribution in [3.05, 3.63) is 34.6 Å². The molecule has 5 atom stereocenters. The smallest absolute Gasteiger partial charge is 0.326 e. The third-order valence-electron chi connectivity index (χ3n) is 7.74. The number of benzene rings is 1. The van der Waals surface area contributed by atoms with Gasteiger partial charge in [0.15, 0.2) is 0 Å². The van der Waals surface area contributed by atoms with Gasteiger partial charge in [-0.25, -0.2) is 19.0 Å². The number of imide groups is 1. The van der Waals surface area contributed by atoms with Gasteiger partial charge in [-0.05, 0) is 47.3 Å². The predicted molar refractivity (Wildman–Crippen MR) is 153 cm³/mol. The van der Waals surface area contributed by atoms with E-state index in [2.05, 4.69) is 21.1 Å². The quantitative estimate of drug-likeness (QED) is 0.149. The maximum atomic E-state index is 13.6. The molecule has 0 spiro atoms. The molecule has 5 rings (SSSR count). The normalized spacial score (nSPS) is 24.0. The Hall–Kier alpha value is -4.52. The van der Waals surface area contributed by atoms with Crippen LogP contribution in [0.2, 0.25) is 0 Å². The molecule has 17 nitrogen and oxygen atoms in total. The van der Waals surface area contributed by atoms with Crippen molar-refractivity contribution in [1.29, 1.82) is 0 Å². The van der Waals surface area contributed by atoms with Gasteiger partial charge in [0.1, 0.15) is 29.2 Å². The molecule has 0 bridgehead atoms. The van der Waals surface area contributed by atoms with Crippen LogP contribution in [0.1, 0.15) is 18.5 Å². The fraction of sp³-hybridized carbons (Fsp3) is 0.480. The van der Waals surface area contributed by atoms with Gasteiger partial charge >= 0.3 is 23.8 Å². The van der Waals surface area contributed by atoms with E-state index in [-0.39, 0.29) is 30.9 Å². The number of tetrazole rings is 1. The van der Waals surface area contributed by atoms with Crippen molar-refractivity contribution in [3.63, 3.8) is 0 Å². The molecule has 3 unspecified atom stereocenters. The second-order valence-corrected chi connectivity index (χ2v) is 11.9. The standard InChI is InChI=1S/C25H29N9O8S2/c1-3-31-8-9-32(21(39)20(31)38)24(42)27-15(12-4-6-14(35)7-5-12)18(36)26-16-19(37)34-17(23(40)41)13(11-44-22(16)34)10-33-25(43)30(2)28-29-33/h4-7,13,15-17,22,35H,3,8-11H2,1-2H3,(H,26,36)(H,27,42)(H,40,41)/t13?,15-,16-,17?,22?/m1/s1. The van der Waals surface area contributed by atoms with Gasteiger partial charge in [0.2, 0.25) is 16.6 Å². The van der Waals surface area contributed by atoms with Crippen LogP contribution in [0.5, 0.6) is 5.75 Å². The summed E-state index contributed by atoms with van der Waals surface area (Å²) in [6, 6.07) is 0.647. The Morgan fingerprint density at radius 3 is 2.43 bits per heavy atom. The van der Waals surface area contributed by atoms with Crippen LogP contribution in [0.15, 0.2) is 24.3 Å². The molecule has 234 valence electrons. The van der Waals surface area contributed by atoms with Crippen LogP contribution in [-0.4, -0.2) is 123 Å². The van der Waals surface area contributed by atoms with Crippen LogP contribution in [0.3, 0.4) is 0 Å². The molecular weight excluding hydrogens is 618 g/mol. The molecule has 4 heterocycles. The highest BCUT2D eigenvalue weighted by Gasteiger charge is 2.58. The van der Waals surface area contributed by atoms with Gasteiger partial charge in [0.05, 0.1) is 6.54 Å². The number of phenolic OH excluding ortho intramolecular Hbond substituents is 1. The number of thioether (sulfide) groups is 1. The number of hydrogen-bond donors (Lipinski definition) is 4. The number of phenols is 1. The van der Waals surface area contributed by atoms with Crippen LogP contribution in [0, 0.1) is 10.7 Å². The number of rotatable bonds is 8. The number of carboxylic acids is 1. The van der Waals surface area contributed by atoms with Crippen LogP contribution in [0.25, 0.3) is 0 Å². The van der Waals surface area contributed by atoms with Crippen molar-refractivity contribution >= 4 is 59.6 Å². The number of carbonyl (C=O) groups is 6. The lowest BCUT2D eigenvalue weighted by atomic mass is 9.93. The molecular formula is C25H29N9O8S2. The number of aromatic hydroxyl groups is 1. The molecule has 1 aromatic heterocycles. The average Bonchev–Trinajstić information content (AvgIpc) is 3.32. The van der Waals surface area contributed by atoms with Gasteiger partial charge in [-0.2, -0.15) is 0 Å². The third kappa shape index (κ3) is 5.59. The zero-order valence-electron chi connectivity index (χ0n) is 23.5. The first-order valence-corrected chi connectivity index (χ1v) is 15.0. The van der Waals surface area contributed by atoms with E-state index in [1.165, 1.54) is 55.2 Å². The SMILES string of the molecule is CCN1CCN(C(=O)N[C@@H](C(=O)N[C@@H]2C(=O)N3C(C(=O)O)C(Cn4nnn(C)c4=S)CSC23)c2ccc(O)cc2)C(=O)C1=O. The Labute approximate surface area is 259 Å². The van der Waals surface area contributed by atoms with Gasteiger partial charge in [-0.15, -0.1) is 11.8 Å². The fourth-order valence-electron chi connectivity index (χ4n) is 5.37. The number of β-lactam (4-membered cyclic amide) rings is 1. The summed E-state index contributed by atoms with van der Waals surface area (Å²) in [6.07, 6.45) is 0. The number of amides is 6. The van der Waals surface area contributed by atoms with Gasteiger partial charge in [-0.1, -0.05) is 12.1 Å². The lowest BCUT2D eigenvalue weighted by molar-refractivity contribution is -0.165. The molecule has 4 N–H and O–H groups in total. The number of likely N-dealkylation sites (N-methyl/N-ethyl adjacent to an activating group) is 1. The van der Waals surface area contributed by atoms with Crippen LogP contribution >= 0.6 is 24.0 Å². The number of urea groups is 1. The molecule has 6 amide bonds. The number of nitrogens with one attached hydrogen (secondary N) is 2. The summed E-state index contributed by atoms with van der Waals surface area (Å²) in [6.45, 7) is 2.16. The number of aryl methyl sites for hydroxylation is 1. The van der Waals surface area contributed by atoms with Gasteiger partial charge in [-0.3, -0.25) is 24.1 Å². The third-order valence-corrected chi connectivity index (χ3v) is 9.67. The highest BCUT2D eigenvalue weighted by atomic mass is 32.2. The van der Waals surface area contributed by atoms with E-state index in [4.69, 9.17) is 12.2 Å². The second-order valence-electron chi connectivity index (χ2n) is 10.4. The Balaban J connectivity index is 1.31. The molecule has 0 saturated carbocycles. The molecule has 3 saturated heterocycles. The monoisotopic (exact) mass is 647 g/mol. The topological polar surface area (TPSA) is 212 Å². The molecule has 3 aliphatic rings. The minimum absolute atomic E-state index is 0.0828. The summed E-state index contributed by atoms with van der Waals surface area (Å²) in [5.41, 5.74) is 0.226. The number of aliphatic carboxylic acids is 1. The lowest BCUT2D eigenvalue weighted by Gasteiger charge is -2.54. The van der Waals surface area contributed by atoms with E-state index in [0.717, 1.165) is 0 Å². The van der Waals surface area contributed by atoms with Gasteiger partial charge in [0.25, 0.3) is 0 Å². The van der Waals surface area contributed by atoms with Crippen LogP contribution < -0.4 is 10.6 Å². The number of aromatic nitrogens is 4. The summed E-state index contributed by atoms with van der Waals surface area (Å²) in [4.78, 5) is 80.4. The summed E-state index contributed by atoms with van der Waals surface area (Å²) in [5.74, 6) is -4.87. The van der Waals surface area contributed by atoms with E-state index in [1.54, 1.807) is 14.0 Å². The Bertz CT molecular complexity index is 1580. The highest BCUT2D eigenvalue weighted by Crippen LogP contribution is 2.41. The van der Waals surface area contributed by atoms with E-state index in [9.17, 15) is 39.0 Å². The van der Waals surface area contributed by atoms with Crippen molar-refractivity contribution in [2.24, 2.45) is 13.0 Å². The average molecular weight is 648 g/mol. The predicted octanol–water partition coefficient (Wildman–Crippen LogP) is -1.34. The first-order valence-electron chi connectivity index (χ1n) is 13.6. The van der Waals surface area contributed by atoms with Gasteiger partial charge < -0.3 is 30.6 Å². The summed E-state index contributed by atoms with van der Waals surface area (Å²) >= 11 is 6.54. The highest BCUT2D eigenvalue weighted by molar-refractivity contribution is 8.00. The number of carbonyl (C=O) groups excluding carboxylic acids is 5. The number of piperazine rings is 1. The fourth-order valence-corrected chi connectivity index (χ4v) is 7.02. The van der Waals surface area contributed by atoms with Crippen molar-refractivity contribution in [2.45, 2.75) is 37.0 Å². The molecule has 1 aromatic carbocycles. The van der Waals surface area contributed by atoms with Crippen molar-refractivity contribution in [2.75, 3.05) is 25.4 Å². The number of hydrogen-bond acceptors (Lipinski definition) is 11. The van der Waals surface area contributed by atoms with Crippen molar-refractivity contribution < 1.29 is 39.0 Å². The van der Waals surface area contributed by atoms with Crippen LogP contribution in [0.4, 0.5) is 4.79 Å². The minimum atomic E-state index is -1.42. The Morgan fingerprint density at radius 1 is 1.11 bits per heavy atom. The Morgan fingerprint density at radius 2 is 1.82 bits per heavy atom. The first-order chi connectivity index (χ1) is 20.9. The molecule has 3 aliphatic heterocycles. The maximum Gasteiger partial charge on any atom is 0.326 e. The van der Waals surface area contributed by atoms with E-state index in [0.29, 0.717) is 22.0 Å². The summed E-state index contributed by atoms with van der Waals surface area (Å²) in [5, 5.41) is 31.9. The number of nitrogens with zero attached hydrogens (tertiary/aromatic N) is 7. The first kappa shape index (κ1) is 30.9. The molecule has 3 fully saturated rings. The molecule has 2 aromatic rings. The van der Waals surface area contributed by atoms with E-state index >= 15 is 0 Å². The van der Waals surface area contributed by atoms with Crippen molar-refractivity contribution in [1.82, 2.24) is 45.1 Å².